The molecule has 1 saturated heterocycles. The third-order valence-electron chi connectivity index (χ3n) is 10.8. The van der Waals surface area contributed by atoms with Crippen molar-refractivity contribution in [3.63, 3.8) is 0 Å². The van der Waals surface area contributed by atoms with Crippen LogP contribution < -0.4 is 10.6 Å². The number of amides is 3. The number of carbonyl (C=O) groups is 4. The molecule has 54 heavy (non-hydrogen) atoms. The molecular weight excluding hydrogens is 718 g/mol. The zero-order valence-electron chi connectivity index (χ0n) is 32.6. The minimum Gasteiger partial charge on any atom is -0.481 e. The summed E-state index contributed by atoms with van der Waals surface area (Å²) in [6.07, 6.45) is 3.59. The van der Waals surface area contributed by atoms with Crippen molar-refractivity contribution in [3.05, 3.63) is 51.2 Å². The molecule has 2 aromatic rings. The summed E-state index contributed by atoms with van der Waals surface area (Å²) in [6.45, 7) is 9.40. The van der Waals surface area contributed by atoms with E-state index in [2.05, 4.69) is 20.5 Å². The Morgan fingerprint density at radius 2 is 1.91 bits per heavy atom. The summed E-state index contributed by atoms with van der Waals surface area (Å²) in [7, 11) is 5.04. The molecule has 3 unspecified atom stereocenters. The number of carboxylic acids is 1. The van der Waals surface area contributed by atoms with Crippen LogP contribution in [0.5, 0.6) is 0 Å². The molecule has 2 aliphatic rings. The topological polar surface area (TPSA) is 160 Å². The number of aliphatic carboxylic acids is 1. The fourth-order valence-electron chi connectivity index (χ4n) is 7.49. The molecule has 1 aliphatic carbocycles. The Kier molecular flexibility index (Phi) is 16.4. The fraction of sp³-hybridized carbons (Fsp3) is 0.667. The van der Waals surface area contributed by atoms with Gasteiger partial charge in [0.2, 0.25) is 11.8 Å². The average Bonchev–Trinajstić information content (AvgIpc) is 3.64. The number of rotatable bonds is 19. The second kappa shape index (κ2) is 20.4. The van der Waals surface area contributed by atoms with Crippen LogP contribution >= 0.6 is 11.3 Å². The van der Waals surface area contributed by atoms with Gasteiger partial charge in [0, 0.05) is 44.6 Å². The molecule has 0 saturated carbocycles. The van der Waals surface area contributed by atoms with Gasteiger partial charge in [-0.25, -0.2) is 9.37 Å². The molecule has 0 bridgehead atoms. The van der Waals surface area contributed by atoms with E-state index < -0.39 is 41.8 Å². The lowest BCUT2D eigenvalue weighted by molar-refractivity contribution is -0.144. The quantitative estimate of drug-likeness (QED) is 0.170. The summed E-state index contributed by atoms with van der Waals surface area (Å²) in [5.41, 5.74) is 1.25. The van der Waals surface area contributed by atoms with E-state index in [1.54, 1.807) is 23.5 Å². The number of benzene rings is 1. The smallest absolute Gasteiger partial charge is 0.311 e. The SMILES string of the molecule is CCC(C)C(NC(=O)C1CCCCN1C)C(=O)N(CCOC)[C@H](C[C@@H](OCOC)c1nc(C(=O)N[C@H]2Cc3ccc(F)cc3[C@H](C(=O)O)C2)cs1)C(C)C. The van der Waals surface area contributed by atoms with Gasteiger partial charge in [-0.2, -0.15) is 0 Å². The van der Waals surface area contributed by atoms with Crippen molar-refractivity contribution in [1.82, 2.24) is 25.4 Å². The molecule has 1 fully saturated rings. The van der Waals surface area contributed by atoms with E-state index in [0.717, 1.165) is 25.8 Å². The van der Waals surface area contributed by atoms with Gasteiger partial charge in [0.05, 0.1) is 18.6 Å². The van der Waals surface area contributed by atoms with Crippen molar-refractivity contribution < 1.29 is 42.9 Å². The maximum absolute atomic E-state index is 14.6. The molecule has 1 aromatic carbocycles. The Morgan fingerprint density at radius 3 is 2.56 bits per heavy atom. The zero-order chi connectivity index (χ0) is 39.5. The lowest BCUT2D eigenvalue weighted by atomic mass is 9.80. The number of likely N-dealkylation sites (tertiary alicyclic amines) is 1. The van der Waals surface area contributed by atoms with Gasteiger partial charge in [-0.3, -0.25) is 24.1 Å². The second-order valence-electron chi connectivity index (χ2n) is 14.9. The van der Waals surface area contributed by atoms with E-state index in [1.807, 2.05) is 34.7 Å². The number of ether oxygens (including phenoxy) is 3. The van der Waals surface area contributed by atoms with Crippen LogP contribution in [-0.2, 0) is 35.0 Å². The van der Waals surface area contributed by atoms with E-state index >= 15 is 0 Å². The Bertz CT molecular complexity index is 1570. The molecule has 13 nitrogen and oxygen atoms in total. The molecule has 2 heterocycles. The van der Waals surface area contributed by atoms with E-state index in [0.29, 0.717) is 41.9 Å². The van der Waals surface area contributed by atoms with Crippen LogP contribution in [0.15, 0.2) is 23.6 Å². The predicted octanol–water partition coefficient (Wildman–Crippen LogP) is 4.76. The van der Waals surface area contributed by atoms with Crippen molar-refractivity contribution in [2.45, 2.75) is 109 Å². The zero-order valence-corrected chi connectivity index (χ0v) is 33.5. The number of methoxy groups -OCH3 is 2. The van der Waals surface area contributed by atoms with Crippen LogP contribution in [0.25, 0.3) is 0 Å². The number of aromatic nitrogens is 1. The molecular formula is C39H58FN5O8S. The molecule has 0 radical (unpaired) electrons. The van der Waals surface area contributed by atoms with Crippen molar-refractivity contribution in [3.8, 4) is 0 Å². The molecule has 7 atom stereocenters. The van der Waals surface area contributed by atoms with E-state index in [9.17, 15) is 28.7 Å². The monoisotopic (exact) mass is 775 g/mol. The first-order valence-corrected chi connectivity index (χ1v) is 19.8. The number of thiazole rings is 1. The number of nitrogens with one attached hydrogen (secondary N) is 2. The van der Waals surface area contributed by atoms with E-state index in [4.69, 9.17) is 14.2 Å². The van der Waals surface area contributed by atoms with Gasteiger partial charge >= 0.3 is 5.97 Å². The highest BCUT2D eigenvalue weighted by molar-refractivity contribution is 7.09. The number of carboxylic acid groups (broad SMARTS) is 1. The van der Waals surface area contributed by atoms with Crippen LogP contribution in [0.3, 0.4) is 0 Å². The Balaban J connectivity index is 1.55. The van der Waals surface area contributed by atoms with Gasteiger partial charge in [0.1, 0.15) is 35.5 Å². The van der Waals surface area contributed by atoms with Crippen molar-refractivity contribution >= 4 is 35.0 Å². The minimum absolute atomic E-state index is 0.0372. The normalized spacial score (nSPS) is 21.1. The number of nitrogens with zero attached hydrogens (tertiary/aromatic N) is 3. The lowest BCUT2D eigenvalue weighted by Gasteiger charge is -2.40. The maximum Gasteiger partial charge on any atom is 0.311 e. The number of carbonyl (C=O) groups excluding carboxylic acids is 3. The standard InChI is InChI=1S/C39H58FN5O8S/c1-8-24(4)34(43-36(47)31-11-9-10-14-44(31)5)38(48)45(15-16-51-6)32(23(2)3)20-33(53-22-52-7)37-42-30(21-54-37)35(46)41-27-17-25-12-13-26(40)18-28(25)29(19-27)39(49)50/h12-13,18,21,23-24,27,29,31-34H,8-11,14-17,19-20,22H2,1-7H3,(H,41,46)(H,43,47)(H,49,50)/t24?,27-,29+,31?,32+,33+,34?/m0/s1. The van der Waals surface area contributed by atoms with Crippen LogP contribution in [0.4, 0.5) is 4.39 Å². The number of piperidine rings is 1. The lowest BCUT2D eigenvalue weighted by Crippen LogP contribution is -2.59. The summed E-state index contributed by atoms with van der Waals surface area (Å²) in [6, 6.07) is 2.23. The Morgan fingerprint density at radius 1 is 1.15 bits per heavy atom. The summed E-state index contributed by atoms with van der Waals surface area (Å²) >= 11 is 1.25. The van der Waals surface area contributed by atoms with Crippen molar-refractivity contribution in [1.29, 1.82) is 0 Å². The van der Waals surface area contributed by atoms with Crippen LogP contribution in [-0.4, -0.2) is 116 Å². The largest absolute Gasteiger partial charge is 0.481 e. The number of fused-ring (bicyclic) bond motifs is 1. The predicted molar refractivity (Wildman–Crippen MR) is 203 cm³/mol. The van der Waals surface area contributed by atoms with Gasteiger partial charge in [-0.1, -0.05) is 46.6 Å². The van der Waals surface area contributed by atoms with Crippen LogP contribution in [0, 0.1) is 17.7 Å². The third-order valence-corrected chi connectivity index (χ3v) is 11.8. The molecule has 1 aromatic heterocycles. The highest BCUT2D eigenvalue weighted by Crippen LogP contribution is 2.34. The fourth-order valence-corrected chi connectivity index (χ4v) is 8.35. The van der Waals surface area contributed by atoms with Crippen LogP contribution in [0.1, 0.15) is 105 Å². The van der Waals surface area contributed by atoms with Crippen LogP contribution in [0.2, 0.25) is 0 Å². The van der Waals surface area contributed by atoms with Crippen molar-refractivity contribution in [2.75, 3.05) is 47.8 Å². The third kappa shape index (κ3) is 11.1. The number of likely N-dealkylation sites (N-methyl/N-ethyl adjacent to an activating group) is 1. The molecule has 1 aliphatic heterocycles. The molecule has 300 valence electrons. The summed E-state index contributed by atoms with van der Waals surface area (Å²) in [5, 5.41) is 18.1. The molecule has 4 rings (SSSR count). The summed E-state index contributed by atoms with van der Waals surface area (Å²) in [4.78, 5) is 62.3. The summed E-state index contributed by atoms with van der Waals surface area (Å²) in [5.74, 6) is -3.48. The van der Waals surface area contributed by atoms with E-state index in [1.165, 1.54) is 30.6 Å². The van der Waals surface area contributed by atoms with Gasteiger partial charge in [-0.15, -0.1) is 11.3 Å². The average molecular weight is 776 g/mol. The van der Waals surface area contributed by atoms with Gasteiger partial charge in [-0.05, 0) is 74.4 Å². The Hall–Kier alpha value is -3.50. The van der Waals surface area contributed by atoms with Gasteiger partial charge in [0.15, 0.2) is 0 Å². The first-order chi connectivity index (χ1) is 25.8. The summed E-state index contributed by atoms with van der Waals surface area (Å²) < 4.78 is 30.8. The first-order valence-electron chi connectivity index (χ1n) is 19.0. The minimum atomic E-state index is -1.08. The number of hydrogen-bond acceptors (Lipinski definition) is 10. The number of hydrogen-bond donors (Lipinski definition) is 3. The second-order valence-corrected chi connectivity index (χ2v) is 15.8. The van der Waals surface area contributed by atoms with Gasteiger partial charge < -0.3 is 34.9 Å². The maximum atomic E-state index is 14.6. The van der Waals surface area contributed by atoms with Crippen molar-refractivity contribution in [2.24, 2.45) is 11.8 Å². The Labute approximate surface area is 322 Å². The molecule has 3 amide bonds. The highest BCUT2D eigenvalue weighted by atomic mass is 32.1. The van der Waals surface area contributed by atoms with Gasteiger partial charge in [0.25, 0.3) is 5.91 Å². The molecule has 15 heteroatoms. The highest BCUT2D eigenvalue weighted by Gasteiger charge is 2.39. The molecule has 3 N–H and O–H groups in total. The molecule has 0 spiro atoms. The number of halogens is 1. The first kappa shape index (κ1) is 43.2. The van der Waals surface area contributed by atoms with E-state index in [-0.39, 0.29) is 61.2 Å².